The van der Waals surface area contributed by atoms with Crippen LogP contribution in [0.4, 0.5) is 5.95 Å². The third kappa shape index (κ3) is 2.28. The molecule has 19 heavy (non-hydrogen) atoms. The fourth-order valence-electron chi connectivity index (χ4n) is 1.96. The number of amides is 1. The summed E-state index contributed by atoms with van der Waals surface area (Å²) < 4.78 is 0. The highest BCUT2D eigenvalue weighted by Crippen LogP contribution is 2.19. The van der Waals surface area contributed by atoms with Gasteiger partial charge >= 0.3 is 0 Å². The minimum atomic E-state index is -0.206. The largest absolute Gasteiger partial charge is 0.290 e. The van der Waals surface area contributed by atoms with Crippen molar-refractivity contribution >= 4 is 22.6 Å². The molecule has 4 heteroatoms. The molecule has 3 aromatic rings. The van der Waals surface area contributed by atoms with E-state index in [9.17, 15) is 4.79 Å². The van der Waals surface area contributed by atoms with Crippen molar-refractivity contribution in [2.24, 2.45) is 0 Å². The maximum absolute atomic E-state index is 12.2. The first-order valence-electron chi connectivity index (χ1n) is 5.91. The number of fused-ring (bicyclic) bond motifs is 1. The van der Waals surface area contributed by atoms with Crippen LogP contribution in [0.5, 0.6) is 0 Å². The Morgan fingerprint density at radius 1 is 0.895 bits per heavy atom. The number of benzene rings is 2. The average Bonchev–Trinajstić information content (AvgIpc) is 2.47. The first kappa shape index (κ1) is 11.3. The minimum absolute atomic E-state index is 0.206. The number of nitrogens with zero attached hydrogens (tertiary/aromatic N) is 2. The van der Waals surface area contributed by atoms with E-state index in [4.69, 9.17) is 0 Å². The lowest BCUT2D eigenvalue weighted by Crippen LogP contribution is -2.14. The van der Waals surface area contributed by atoms with Crippen LogP contribution in [0.15, 0.2) is 60.9 Å². The van der Waals surface area contributed by atoms with Gasteiger partial charge in [-0.2, -0.15) is 0 Å². The number of rotatable bonds is 2. The quantitative estimate of drug-likeness (QED) is 0.759. The van der Waals surface area contributed by atoms with Crippen LogP contribution in [0.3, 0.4) is 0 Å². The van der Waals surface area contributed by atoms with Crippen LogP contribution in [0, 0.1) is 0 Å². The molecule has 4 nitrogen and oxygen atoms in total. The summed E-state index contributed by atoms with van der Waals surface area (Å²) in [5, 5.41) is 4.64. The average molecular weight is 249 g/mol. The Kier molecular flexibility index (Phi) is 2.90. The number of nitrogens with one attached hydrogen (secondary N) is 1. The zero-order valence-corrected chi connectivity index (χ0v) is 10.1. The van der Waals surface area contributed by atoms with E-state index >= 15 is 0 Å². The van der Waals surface area contributed by atoms with Gasteiger partial charge in [0.25, 0.3) is 5.91 Å². The summed E-state index contributed by atoms with van der Waals surface area (Å²) in [6.45, 7) is 0. The zero-order chi connectivity index (χ0) is 13.1. The monoisotopic (exact) mass is 249 g/mol. The summed E-state index contributed by atoms with van der Waals surface area (Å²) in [4.78, 5) is 20.2. The molecule has 0 aliphatic carbocycles. The van der Waals surface area contributed by atoms with Crippen molar-refractivity contribution in [3.63, 3.8) is 0 Å². The Morgan fingerprint density at radius 2 is 1.63 bits per heavy atom. The van der Waals surface area contributed by atoms with Crippen molar-refractivity contribution in [3.05, 3.63) is 66.5 Å². The second kappa shape index (κ2) is 4.86. The molecule has 0 aliphatic rings. The van der Waals surface area contributed by atoms with Gasteiger partial charge in [-0.3, -0.25) is 10.1 Å². The molecular formula is C15H11N3O. The van der Waals surface area contributed by atoms with E-state index in [1.807, 2.05) is 36.4 Å². The maximum atomic E-state index is 12.2. The van der Waals surface area contributed by atoms with Gasteiger partial charge in [-0.1, -0.05) is 36.4 Å². The third-order valence-corrected chi connectivity index (χ3v) is 2.83. The molecule has 2 aromatic carbocycles. The number of hydrogen-bond acceptors (Lipinski definition) is 3. The van der Waals surface area contributed by atoms with Crippen molar-refractivity contribution in [1.82, 2.24) is 9.97 Å². The Labute approximate surface area is 110 Å². The summed E-state index contributed by atoms with van der Waals surface area (Å²) in [5.74, 6) is 0.100. The van der Waals surface area contributed by atoms with E-state index in [-0.39, 0.29) is 5.91 Å². The molecule has 0 saturated carbocycles. The first-order chi connectivity index (χ1) is 9.34. The predicted molar refractivity (Wildman–Crippen MR) is 73.9 cm³/mol. The highest BCUT2D eigenvalue weighted by Gasteiger charge is 2.10. The molecule has 92 valence electrons. The molecule has 0 bridgehead atoms. The predicted octanol–water partition coefficient (Wildman–Crippen LogP) is 2.88. The summed E-state index contributed by atoms with van der Waals surface area (Å²) in [6.07, 6.45) is 3.18. The lowest BCUT2D eigenvalue weighted by atomic mass is 10.0. The van der Waals surface area contributed by atoms with Gasteiger partial charge in [0.15, 0.2) is 0 Å². The molecule has 0 atom stereocenters. The number of hydrogen-bond donors (Lipinski definition) is 1. The van der Waals surface area contributed by atoms with Crippen molar-refractivity contribution in [1.29, 1.82) is 0 Å². The van der Waals surface area contributed by atoms with Crippen LogP contribution in [-0.2, 0) is 0 Å². The molecule has 1 heterocycles. The van der Waals surface area contributed by atoms with Crippen LogP contribution >= 0.6 is 0 Å². The van der Waals surface area contributed by atoms with Crippen LogP contribution < -0.4 is 5.32 Å². The standard InChI is InChI=1S/C15H11N3O/c19-14(18-15-16-9-4-10-17-15)13-8-3-6-11-5-1-2-7-12(11)13/h1-10H,(H,16,17,18,19). The van der Waals surface area contributed by atoms with E-state index < -0.39 is 0 Å². The van der Waals surface area contributed by atoms with Crippen LogP contribution in [0.2, 0.25) is 0 Å². The van der Waals surface area contributed by atoms with E-state index in [2.05, 4.69) is 15.3 Å². The van der Waals surface area contributed by atoms with E-state index in [0.717, 1.165) is 10.8 Å². The van der Waals surface area contributed by atoms with Crippen LogP contribution in [0.1, 0.15) is 10.4 Å². The Bertz CT molecular complexity index is 720. The Hall–Kier alpha value is -2.75. The smallest absolute Gasteiger partial charge is 0.258 e. The van der Waals surface area contributed by atoms with E-state index in [1.165, 1.54) is 0 Å². The molecular weight excluding hydrogens is 238 g/mol. The fraction of sp³-hybridized carbons (Fsp3) is 0. The Morgan fingerprint density at radius 3 is 2.47 bits per heavy atom. The minimum Gasteiger partial charge on any atom is -0.290 e. The first-order valence-corrected chi connectivity index (χ1v) is 5.91. The molecule has 1 aromatic heterocycles. The molecule has 1 N–H and O–H groups in total. The fourth-order valence-corrected chi connectivity index (χ4v) is 1.96. The Balaban J connectivity index is 1.98. The van der Waals surface area contributed by atoms with E-state index in [0.29, 0.717) is 11.5 Å². The van der Waals surface area contributed by atoms with Crippen molar-refractivity contribution in [2.75, 3.05) is 5.32 Å². The normalized spacial score (nSPS) is 10.3. The SMILES string of the molecule is O=C(Nc1ncccn1)c1cccc2ccccc12. The lowest BCUT2D eigenvalue weighted by molar-refractivity contribution is 0.102. The second-order valence-electron chi connectivity index (χ2n) is 4.05. The third-order valence-electron chi connectivity index (χ3n) is 2.83. The van der Waals surface area contributed by atoms with Gasteiger partial charge in [-0.05, 0) is 22.9 Å². The molecule has 0 saturated heterocycles. The van der Waals surface area contributed by atoms with Crippen molar-refractivity contribution in [2.45, 2.75) is 0 Å². The molecule has 0 unspecified atom stereocenters. The summed E-state index contributed by atoms with van der Waals surface area (Å²) in [6, 6.07) is 15.1. The maximum Gasteiger partial charge on any atom is 0.258 e. The van der Waals surface area contributed by atoms with Gasteiger partial charge in [0.05, 0.1) is 0 Å². The highest BCUT2D eigenvalue weighted by atomic mass is 16.1. The topological polar surface area (TPSA) is 54.9 Å². The van der Waals surface area contributed by atoms with Gasteiger partial charge in [0, 0.05) is 18.0 Å². The summed E-state index contributed by atoms with van der Waals surface area (Å²) >= 11 is 0. The molecule has 0 aliphatic heterocycles. The molecule has 0 radical (unpaired) electrons. The van der Waals surface area contributed by atoms with Gasteiger partial charge in [0.2, 0.25) is 5.95 Å². The van der Waals surface area contributed by atoms with Crippen LogP contribution in [0.25, 0.3) is 10.8 Å². The van der Waals surface area contributed by atoms with E-state index in [1.54, 1.807) is 24.5 Å². The summed E-state index contributed by atoms with van der Waals surface area (Å²) in [7, 11) is 0. The van der Waals surface area contributed by atoms with Gasteiger partial charge in [0.1, 0.15) is 0 Å². The van der Waals surface area contributed by atoms with Crippen molar-refractivity contribution < 1.29 is 4.79 Å². The van der Waals surface area contributed by atoms with Gasteiger partial charge < -0.3 is 0 Å². The van der Waals surface area contributed by atoms with Crippen LogP contribution in [-0.4, -0.2) is 15.9 Å². The summed E-state index contributed by atoms with van der Waals surface area (Å²) in [5.41, 5.74) is 0.616. The number of carbonyl (C=O) groups excluding carboxylic acids is 1. The number of aromatic nitrogens is 2. The zero-order valence-electron chi connectivity index (χ0n) is 10.1. The highest BCUT2D eigenvalue weighted by molar-refractivity contribution is 6.12. The molecule has 1 amide bonds. The number of anilines is 1. The van der Waals surface area contributed by atoms with Gasteiger partial charge in [-0.25, -0.2) is 9.97 Å². The molecule has 3 rings (SSSR count). The number of carbonyl (C=O) groups is 1. The lowest BCUT2D eigenvalue weighted by Gasteiger charge is -2.06. The molecule has 0 spiro atoms. The van der Waals surface area contributed by atoms with Gasteiger partial charge in [-0.15, -0.1) is 0 Å². The second-order valence-corrected chi connectivity index (χ2v) is 4.05. The molecule has 0 fully saturated rings. The van der Waals surface area contributed by atoms with Crippen molar-refractivity contribution in [3.8, 4) is 0 Å².